The van der Waals surface area contributed by atoms with E-state index in [-0.39, 0.29) is 5.91 Å². The van der Waals surface area contributed by atoms with Gasteiger partial charge in [0.1, 0.15) is 5.75 Å². The molecule has 154 valence electrons. The predicted octanol–water partition coefficient (Wildman–Crippen LogP) is 5.06. The largest absolute Gasteiger partial charge is 0.495 e. The van der Waals surface area contributed by atoms with Crippen LogP contribution in [0.3, 0.4) is 0 Å². The Hall–Kier alpha value is -3.86. The van der Waals surface area contributed by atoms with Crippen LogP contribution in [0.4, 0.5) is 5.69 Å². The van der Waals surface area contributed by atoms with E-state index in [1.807, 2.05) is 65.1 Å². The number of rotatable bonds is 4. The fourth-order valence-corrected chi connectivity index (χ4v) is 4.26. The molecule has 1 amide bonds. The molecule has 0 N–H and O–H groups in total. The van der Waals surface area contributed by atoms with Crippen molar-refractivity contribution in [1.29, 1.82) is 0 Å². The number of carbonyl (C=O) groups excluding carboxylic acids is 1. The number of hydrogen-bond acceptors (Lipinski definition) is 3. The minimum atomic E-state index is 0.0416. The van der Waals surface area contributed by atoms with Gasteiger partial charge in [0.25, 0.3) is 5.91 Å². The van der Waals surface area contributed by atoms with Gasteiger partial charge in [-0.05, 0) is 60.4 Å². The monoisotopic (exact) mass is 409 g/mol. The summed E-state index contributed by atoms with van der Waals surface area (Å²) in [6.07, 6.45) is 4.60. The summed E-state index contributed by atoms with van der Waals surface area (Å²) >= 11 is 0. The maximum atomic E-state index is 13.1. The number of carbonyl (C=O) groups is 1. The topological polar surface area (TPSA) is 47.4 Å². The van der Waals surface area contributed by atoms with Gasteiger partial charge in [0.2, 0.25) is 0 Å². The summed E-state index contributed by atoms with van der Waals surface area (Å²) in [5.41, 5.74) is 6.99. The Labute approximate surface area is 181 Å². The second-order valence-corrected chi connectivity index (χ2v) is 7.69. The molecule has 0 spiro atoms. The van der Waals surface area contributed by atoms with Crippen LogP contribution in [0.1, 0.15) is 21.6 Å². The summed E-state index contributed by atoms with van der Waals surface area (Å²) in [5, 5.41) is 0. The van der Waals surface area contributed by atoms with Gasteiger partial charge in [-0.1, -0.05) is 36.4 Å². The molecule has 31 heavy (non-hydrogen) atoms. The van der Waals surface area contributed by atoms with Crippen LogP contribution in [0.2, 0.25) is 0 Å². The van der Waals surface area contributed by atoms with Crippen LogP contribution in [-0.2, 0) is 6.42 Å². The molecule has 0 atom stereocenters. The van der Waals surface area contributed by atoms with Crippen LogP contribution < -0.4 is 9.64 Å². The molecule has 1 aromatic heterocycles. The molecule has 5 nitrogen and oxygen atoms in total. The van der Waals surface area contributed by atoms with Gasteiger partial charge in [0.05, 0.1) is 24.8 Å². The van der Waals surface area contributed by atoms with Crippen LogP contribution in [-0.4, -0.2) is 29.1 Å². The number of nitrogens with zero attached hydrogens (tertiary/aromatic N) is 3. The molecule has 5 rings (SSSR count). The normalized spacial score (nSPS) is 12.6. The molecular formula is C26H23N3O2. The van der Waals surface area contributed by atoms with E-state index in [0.717, 1.165) is 40.4 Å². The van der Waals surface area contributed by atoms with Crippen LogP contribution in [0.25, 0.3) is 16.8 Å². The SMILES string of the molecule is COc1cc(-c2cccc3c2CCN3C(=O)c2ccccc2)ccc1-n1cnc(C)c1. The molecule has 5 heteroatoms. The molecule has 0 saturated carbocycles. The minimum absolute atomic E-state index is 0.0416. The molecule has 1 aliphatic rings. The second kappa shape index (κ2) is 7.76. The third-order valence-corrected chi connectivity index (χ3v) is 5.77. The van der Waals surface area contributed by atoms with E-state index in [9.17, 15) is 4.79 Å². The second-order valence-electron chi connectivity index (χ2n) is 7.69. The molecule has 2 heterocycles. The number of fused-ring (bicyclic) bond motifs is 1. The van der Waals surface area contributed by atoms with Crippen molar-refractivity contribution in [2.75, 3.05) is 18.6 Å². The van der Waals surface area contributed by atoms with Crippen molar-refractivity contribution >= 4 is 11.6 Å². The van der Waals surface area contributed by atoms with Gasteiger partial charge in [-0.25, -0.2) is 4.98 Å². The zero-order valence-electron chi connectivity index (χ0n) is 17.6. The first-order valence-electron chi connectivity index (χ1n) is 10.3. The van der Waals surface area contributed by atoms with Crippen LogP contribution in [0.15, 0.2) is 79.3 Å². The van der Waals surface area contributed by atoms with E-state index in [1.54, 1.807) is 13.4 Å². The number of hydrogen-bond donors (Lipinski definition) is 0. The number of imidazole rings is 1. The molecule has 0 radical (unpaired) electrons. The Morgan fingerprint density at radius 3 is 2.58 bits per heavy atom. The Morgan fingerprint density at radius 2 is 1.84 bits per heavy atom. The van der Waals surface area contributed by atoms with Gasteiger partial charge in [-0.2, -0.15) is 0 Å². The van der Waals surface area contributed by atoms with Crippen molar-refractivity contribution < 1.29 is 9.53 Å². The van der Waals surface area contributed by atoms with E-state index in [1.165, 1.54) is 5.56 Å². The van der Waals surface area contributed by atoms with Crippen molar-refractivity contribution in [1.82, 2.24) is 9.55 Å². The fourth-order valence-electron chi connectivity index (χ4n) is 4.26. The number of anilines is 1. The highest BCUT2D eigenvalue weighted by Gasteiger charge is 2.27. The number of aryl methyl sites for hydroxylation is 1. The van der Waals surface area contributed by atoms with Crippen molar-refractivity contribution in [3.8, 4) is 22.6 Å². The zero-order valence-corrected chi connectivity index (χ0v) is 17.6. The molecule has 3 aromatic carbocycles. The lowest BCUT2D eigenvalue weighted by Crippen LogP contribution is -2.28. The number of aromatic nitrogens is 2. The first kappa shape index (κ1) is 19.1. The summed E-state index contributed by atoms with van der Waals surface area (Å²) in [5.74, 6) is 0.822. The third-order valence-electron chi connectivity index (χ3n) is 5.77. The van der Waals surface area contributed by atoms with Gasteiger partial charge < -0.3 is 14.2 Å². The van der Waals surface area contributed by atoms with Gasteiger partial charge in [0.15, 0.2) is 0 Å². The lowest BCUT2D eigenvalue weighted by atomic mass is 9.97. The summed E-state index contributed by atoms with van der Waals surface area (Å²) < 4.78 is 7.66. The van der Waals surface area contributed by atoms with E-state index in [2.05, 4.69) is 29.2 Å². The first-order chi connectivity index (χ1) is 15.2. The van der Waals surface area contributed by atoms with Crippen molar-refractivity contribution in [3.63, 3.8) is 0 Å². The lowest BCUT2D eigenvalue weighted by molar-refractivity contribution is 0.0989. The summed E-state index contributed by atoms with van der Waals surface area (Å²) in [6, 6.07) is 21.8. The van der Waals surface area contributed by atoms with Gasteiger partial charge in [-0.15, -0.1) is 0 Å². The van der Waals surface area contributed by atoms with Crippen LogP contribution in [0, 0.1) is 6.92 Å². The summed E-state index contributed by atoms with van der Waals surface area (Å²) in [6.45, 7) is 2.65. The van der Waals surface area contributed by atoms with Gasteiger partial charge in [-0.3, -0.25) is 4.79 Å². The van der Waals surface area contributed by atoms with Gasteiger partial charge >= 0.3 is 0 Å². The average Bonchev–Trinajstić information content (AvgIpc) is 3.45. The average molecular weight is 409 g/mol. The molecule has 0 fully saturated rings. The van der Waals surface area contributed by atoms with Crippen molar-refractivity contribution in [2.45, 2.75) is 13.3 Å². The standard InChI is InChI=1S/C26H23N3O2/c1-18-16-28(17-27-18)24-12-11-20(15-25(24)31-2)21-9-6-10-23-22(21)13-14-29(23)26(30)19-7-4-3-5-8-19/h3-12,15-17H,13-14H2,1-2H3. The fraction of sp³-hybridized carbons (Fsp3) is 0.154. The maximum absolute atomic E-state index is 13.1. The van der Waals surface area contributed by atoms with E-state index in [0.29, 0.717) is 12.1 Å². The predicted molar refractivity (Wildman–Crippen MR) is 122 cm³/mol. The summed E-state index contributed by atoms with van der Waals surface area (Å²) in [7, 11) is 1.68. The van der Waals surface area contributed by atoms with E-state index >= 15 is 0 Å². The zero-order chi connectivity index (χ0) is 21.4. The molecule has 0 bridgehead atoms. The van der Waals surface area contributed by atoms with E-state index < -0.39 is 0 Å². The molecule has 0 unspecified atom stereocenters. The number of benzene rings is 3. The lowest BCUT2D eigenvalue weighted by Gasteiger charge is -2.18. The van der Waals surface area contributed by atoms with E-state index in [4.69, 9.17) is 4.74 Å². The van der Waals surface area contributed by atoms with Crippen LogP contribution >= 0.6 is 0 Å². The third kappa shape index (κ3) is 3.38. The highest BCUT2D eigenvalue weighted by Crippen LogP contribution is 2.39. The number of ether oxygens (including phenoxy) is 1. The molecule has 4 aromatic rings. The first-order valence-corrected chi connectivity index (χ1v) is 10.3. The quantitative estimate of drug-likeness (QED) is 0.473. The molecule has 1 aliphatic heterocycles. The summed E-state index contributed by atoms with van der Waals surface area (Å²) in [4.78, 5) is 19.3. The minimum Gasteiger partial charge on any atom is -0.495 e. The Kier molecular flexibility index (Phi) is 4.79. The maximum Gasteiger partial charge on any atom is 0.258 e. The highest BCUT2D eigenvalue weighted by molar-refractivity contribution is 6.07. The van der Waals surface area contributed by atoms with Crippen molar-refractivity contribution in [2.24, 2.45) is 0 Å². The van der Waals surface area contributed by atoms with Gasteiger partial charge in [0, 0.05) is 24.0 Å². The molecular weight excluding hydrogens is 386 g/mol. The Bertz CT molecular complexity index is 1260. The number of methoxy groups -OCH3 is 1. The molecule has 0 saturated heterocycles. The highest BCUT2D eigenvalue weighted by atomic mass is 16.5. The van der Waals surface area contributed by atoms with Crippen molar-refractivity contribution in [3.05, 3.63) is 96.1 Å². The molecule has 0 aliphatic carbocycles. The number of amides is 1. The Balaban J connectivity index is 1.53. The van der Waals surface area contributed by atoms with Crippen LogP contribution in [0.5, 0.6) is 5.75 Å². The smallest absolute Gasteiger partial charge is 0.258 e. The Morgan fingerprint density at radius 1 is 1.00 bits per heavy atom.